The van der Waals surface area contributed by atoms with E-state index in [0.717, 1.165) is 0 Å². The van der Waals surface area contributed by atoms with E-state index in [2.05, 4.69) is 8.83 Å². The third-order valence-corrected chi connectivity index (χ3v) is 27.6. The standard InChI is InChI=1S/C69H123N2O65P3/c70-1-3-113-137(107,108)135-26(15-81)52-44(102)54(128-63-42(100)36(94)51(24(13-79)119-63)125-62-41(99)35(93)49(23(12-78)118-62)123-59-38(96)30(88)27(85)20(9-75)115-59)58(132-66-56(34(92)33(91)46(121-66)16(82)6-72)130-64-43(101)37(95)50(25(14-80)120-64)124-60-39(97)31(89)28(86)21(10-76)116-60)67(126-52)129-55-45(103)65(122-47(17(83)7-73)57(55)131-61-40(98)32(90)29(87)22(11-77)117-61)127-53-19(134-139(111,112)136-138(109,110)114-4-2-71)5-69(106,68(104)105)133-48(53)18(84)8-74/h16-67,72-103,106H,1-15,70-71H2,(H,104,105)(H,107,108)(H,109,110)(H,111,112)/t16-,17-,18+,19+,20+,21+,22+,23+,24+,25+,26-,27-,28-,29+,30-,31-,32-,33-,34-,35+,36+,37+,38+,39+,40+,41+,42+,43+,44+,45-,46+,47+,48+,49+,50+,51+,52+,53+,54-,55+,56-,57+,58-,59-,60-,61-,62-,63+,64-,65+,66+,67+,69+/m0/s1. The summed E-state index contributed by atoms with van der Waals surface area (Å²) < 4.78 is 177. The van der Waals surface area contributed by atoms with Crippen molar-refractivity contribution in [3.8, 4) is 0 Å². The second-order valence-electron chi connectivity index (χ2n) is 33.3. The number of carbonyl (C=O) groups is 1. The minimum Gasteiger partial charge on any atom is -0.477 e. The summed E-state index contributed by atoms with van der Waals surface area (Å²) in [5.74, 6) is -6.33. The van der Waals surface area contributed by atoms with Gasteiger partial charge in [0.05, 0.1) is 79.3 Å². The summed E-state index contributed by atoms with van der Waals surface area (Å²) in [7, 11) is -18.2. The number of carboxylic acid groups (broad SMARTS) is 1. The lowest BCUT2D eigenvalue weighted by molar-refractivity contribution is -0.430. The Kier molecular flexibility index (Phi) is 43.5. The van der Waals surface area contributed by atoms with Crippen LogP contribution in [0.15, 0.2) is 0 Å². The summed E-state index contributed by atoms with van der Waals surface area (Å²) >= 11 is 0. The largest absolute Gasteiger partial charge is 0.481 e. The van der Waals surface area contributed by atoms with Gasteiger partial charge in [0.25, 0.3) is 5.79 Å². The molecule has 10 fully saturated rings. The zero-order chi connectivity index (χ0) is 103. The van der Waals surface area contributed by atoms with E-state index in [0.29, 0.717) is 0 Å². The number of hydrogen-bond acceptors (Lipinski definition) is 63. The minimum atomic E-state index is -6.48. The highest BCUT2D eigenvalue weighted by molar-refractivity contribution is 7.61. The fourth-order valence-electron chi connectivity index (χ4n) is 16.5. The van der Waals surface area contributed by atoms with Crippen LogP contribution in [0, 0.1) is 0 Å². The van der Waals surface area contributed by atoms with Crippen LogP contribution in [0.1, 0.15) is 6.42 Å². The number of aliphatic hydroxyl groups is 33. The Balaban J connectivity index is 1.15. The topological polar surface area (TPSA) is 1090 Å². The second kappa shape index (κ2) is 51.0. The smallest absolute Gasteiger partial charge is 0.477 e. The maximum Gasteiger partial charge on any atom is 0.481 e. The first-order valence-corrected chi connectivity index (χ1v) is 47.1. The third kappa shape index (κ3) is 27.0. The lowest BCUT2D eigenvalue weighted by Gasteiger charge is -2.53. The number of aliphatic carboxylic acids is 1. The molecule has 0 amide bonds. The molecule has 0 radical (unpaired) electrons. The molecule has 0 aliphatic carbocycles. The van der Waals surface area contributed by atoms with Gasteiger partial charge in [0, 0.05) is 19.5 Å². The Morgan fingerprint density at radius 2 is 0.626 bits per heavy atom. The van der Waals surface area contributed by atoms with Gasteiger partial charge in [-0.3, -0.25) is 18.1 Å². The molecule has 0 saturated carbocycles. The number of aliphatic hydroxyl groups excluding tert-OH is 32. The Morgan fingerprint density at radius 1 is 0.317 bits per heavy atom. The highest BCUT2D eigenvalue weighted by Gasteiger charge is 2.66. The molecule has 10 aliphatic heterocycles. The van der Waals surface area contributed by atoms with Crippen LogP contribution in [0.25, 0.3) is 0 Å². The molecule has 56 atom stereocenters. The van der Waals surface area contributed by atoms with Crippen molar-refractivity contribution in [1.82, 2.24) is 0 Å². The Hall–Kier alpha value is -2.32. The van der Waals surface area contributed by atoms with Gasteiger partial charge in [-0.15, -0.1) is 0 Å². The zero-order valence-corrected chi connectivity index (χ0v) is 74.8. The van der Waals surface area contributed by atoms with Gasteiger partial charge in [-0.05, 0) is 0 Å². The lowest BCUT2D eigenvalue weighted by atomic mass is 9.91. The molecule has 10 heterocycles. The molecule has 41 N–H and O–H groups in total. The SMILES string of the molecule is NCCOP(=O)(O)O[C@@H](CO)[C@H]1O[C@H](O[C@@H]2[C@H](O)[C@@H](O[C@H]3[C@@H]([C@H](O)CO)O[C@@](O)(C(=O)O)C[C@H]3OP(=O)(O)OP(=O)(O)OCCN)O[C@H]([C@@H](O)CO)[C@H]2O[C@@H]2O[C@H](CO)[C@@H](O)[C@H](O)[C@H]2O)[C@@H](O[C@H]2O[C@H]([C@@H](O)CO)[C@@H](O)[C@H](O)[C@@H]2O[C@@H]2O[C@H](CO)[C@@H](O[C@@H]3O[C@H](CO)[C@H](O)[C@H](O)[C@H]3O)[C@H](O)[C@H]2O)[C@@H](O[C@H]2O[C@H](CO)[C@@H](O[C@@H]3O[C@H](CO)[C@@H](O[C@@H]4O[C@H](CO)[C@H](O)[C@H](O)[C@H]4O)[C@H](O)[C@H]3O)[C@H](O)[C@H]2O)[C@@H]1O. The lowest BCUT2D eigenvalue weighted by Crippen LogP contribution is -2.72. The summed E-state index contributed by atoms with van der Waals surface area (Å²) in [6.45, 7) is -17.3. The summed E-state index contributed by atoms with van der Waals surface area (Å²) in [4.78, 5) is 45.7. The molecular formula is C69H123N2O65P3. The number of nitrogens with two attached hydrogens (primary N) is 2. The average molecular weight is 2110 g/mol. The van der Waals surface area contributed by atoms with Gasteiger partial charge in [0.15, 0.2) is 56.6 Å². The van der Waals surface area contributed by atoms with Gasteiger partial charge in [0.1, 0.15) is 262 Å². The predicted molar refractivity (Wildman–Crippen MR) is 417 cm³/mol. The fourth-order valence-corrected chi connectivity index (χ4v) is 19.7. The molecule has 0 aromatic heterocycles. The Morgan fingerprint density at radius 3 is 1.02 bits per heavy atom. The highest BCUT2D eigenvalue weighted by atomic mass is 31.3. The van der Waals surface area contributed by atoms with E-state index in [1.54, 1.807) is 0 Å². The maximum absolute atomic E-state index is 14.0. The molecule has 0 spiro atoms. The molecule has 814 valence electrons. The van der Waals surface area contributed by atoms with Crippen LogP contribution >= 0.6 is 23.5 Å². The second-order valence-corrected chi connectivity index (χ2v) is 37.7. The van der Waals surface area contributed by atoms with Crippen molar-refractivity contribution in [2.24, 2.45) is 11.5 Å². The molecule has 10 aliphatic rings. The molecular weight excluding hydrogens is 1990 g/mol. The minimum absolute atomic E-state index is 0.596. The van der Waals surface area contributed by atoms with Crippen molar-refractivity contribution >= 4 is 29.4 Å². The summed E-state index contributed by atoms with van der Waals surface area (Å²) in [6, 6.07) is 0. The molecule has 0 bridgehead atoms. The van der Waals surface area contributed by atoms with E-state index in [4.69, 9.17) is 115 Å². The number of hydrogen-bond donors (Lipinski definition) is 39. The van der Waals surface area contributed by atoms with Crippen LogP contribution < -0.4 is 11.5 Å². The summed E-state index contributed by atoms with van der Waals surface area (Å²) in [5.41, 5.74) is 10.9. The predicted octanol–water partition coefficient (Wildman–Crippen LogP) is -24.6. The van der Waals surface area contributed by atoms with Crippen LogP contribution in [0.5, 0.6) is 0 Å². The molecule has 0 aromatic carbocycles. The van der Waals surface area contributed by atoms with Crippen molar-refractivity contribution in [3.63, 3.8) is 0 Å². The number of ether oxygens (including phenoxy) is 19. The van der Waals surface area contributed by atoms with Crippen LogP contribution in [0.3, 0.4) is 0 Å². The van der Waals surface area contributed by atoms with E-state index in [-0.39, 0.29) is 0 Å². The molecule has 67 nitrogen and oxygen atoms in total. The quantitative estimate of drug-likeness (QED) is 0.0252. The van der Waals surface area contributed by atoms with Gasteiger partial charge in [-0.1, -0.05) is 0 Å². The van der Waals surface area contributed by atoms with Crippen LogP contribution in [-0.4, -0.2) is 612 Å². The van der Waals surface area contributed by atoms with Crippen molar-refractivity contribution in [3.05, 3.63) is 0 Å². The number of phosphoric ester groups is 3. The van der Waals surface area contributed by atoms with Crippen LogP contribution in [-0.2, 0) is 131 Å². The van der Waals surface area contributed by atoms with Crippen LogP contribution in [0.2, 0.25) is 0 Å². The summed E-state index contributed by atoms with van der Waals surface area (Å²) in [5, 5.41) is 383. The van der Waals surface area contributed by atoms with E-state index in [1.807, 2.05) is 0 Å². The van der Waals surface area contributed by atoms with Gasteiger partial charge < -0.3 is 290 Å². The zero-order valence-electron chi connectivity index (χ0n) is 72.1. The first-order chi connectivity index (χ1) is 65.4. The number of phosphoric acid groups is 3. The molecule has 3 unspecified atom stereocenters. The van der Waals surface area contributed by atoms with Gasteiger partial charge >= 0.3 is 29.4 Å². The van der Waals surface area contributed by atoms with Gasteiger partial charge in [0.2, 0.25) is 0 Å². The molecule has 10 rings (SSSR count). The Bertz CT molecular complexity index is 3880. The monoisotopic (exact) mass is 2110 g/mol. The van der Waals surface area contributed by atoms with E-state index >= 15 is 0 Å². The highest BCUT2D eigenvalue weighted by Crippen LogP contribution is 2.62. The molecule has 70 heteroatoms. The summed E-state index contributed by atoms with van der Waals surface area (Å²) in [6.07, 6.45) is -136. The normalized spacial score (nSPS) is 47.6. The average Bonchev–Trinajstić information content (AvgIpc) is 0.746. The maximum atomic E-state index is 14.0. The van der Waals surface area contributed by atoms with Crippen molar-refractivity contribution in [1.29, 1.82) is 0 Å². The van der Waals surface area contributed by atoms with E-state index in [1.165, 1.54) is 0 Å². The van der Waals surface area contributed by atoms with E-state index in [9.17, 15) is 207 Å². The molecule has 0 aromatic rings. The van der Waals surface area contributed by atoms with Crippen molar-refractivity contribution in [2.45, 2.75) is 331 Å². The third-order valence-electron chi connectivity index (χ3n) is 23.9. The van der Waals surface area contributed by atoms with Crippen LogP contribution in [0.4, 0.5) is 0 Å². The first kappa shape index (κ1) is 119. The van der Waals surface area contributed by atoms with Crippen molar-refractivity contribution < 1.29 is 319 Å². The van der Waals surface area contributed by atoms with Gasteiger partial charge in [-0.2, -0.15) is 4.31 Å². The number of carboxylic acids is 1. The Labute approximate surface area is 781 Å². The first-order valence-electron chi connectivity index (χ1n) is 42.6. The van der Waals surface area contributed by atoms with E-state index < -0.39 is 453 Å². The van der Waals surface area contributed by atoms with Crippen molar-refractivity contribution in [2.75, 3.05) is 92.4 Å². The molecule has 139 heavy (non-hydrogen) atoms. The fraction of sp³-hybridized carbons (Fsp3) is 0.986. The number of rotatable bonds is 45. The van der Waals surface area contributed by atoms with Gasteiger partial charge in [-0.25, -0.2) is 18.5 Å². The molecule has 10 saturated heterocycles.